The molecular formula is C21H29F2NO5. The van der Waals surface area contributed by atoms with Gasteiger partial charge in [-0.05, 0) is 65.2 Å². The van der Waals surface area contributed by atoms with Gasteiger partial charge in [0.2, 0.25) is 0 Å². The predicted molar refractivity (Wildman–Crippen MR) is 103 cm³/mol. The van der Waals surface area contributed by atoms with E-state index in [1.165, 1.54) is 17.0 Å². The van der Waals surface area contributed by atoms with E-state index >= 15 is 0 Å². The van der Waals surface area contributed by atoms with Crippen molar-refractivity contribution in [3.8, 4) is 0 Å². The topological polar surface area (TPSA) is 65.1 Å². The fraction of sp³-hybridized carbons (Fsp3) is 0.619. The van der Waals surface area contributed by atoms with Crippen LogP contribution in [-0.4, -0.2) is 41.0 Å². The summed E-state index contributed by atoms with van der Waals surface area (Å²) in [4.78, 5) is 26.0. The van der Waals surface area contributed by atoms with Crippen LogP contribution in [0.1, 0.15) is 64.7 Å². The van der Waals surface area contributed by atoms with Crippen LogP contribution in [0.15, 0.2) is 18.2 Å². The molecule has 0 radical (unpaired) electrons. The molecule has 0 fully saturated rings. The monoisotopic (exact) mass is 413 g/mol. The van der Waals surface area contributed by atoms with Crippen molar-refractivity contribution >= 4 is 12.2 Å². The Morgan fingerprint density at radius 3 is 2.24 bits per heavy atom. The molecule has 6 nitrogen and oxygen atoms in total. The molecule has 1 aliphatic heterocycles. The normalized spacial score (nSPS) is 17.0. The number of halogens is 2. The second-order valence-electron chi connectivity index (χ2n) is 9.07. The molecule has 1 unspecified atom stereocenters. The zero-order chi connectivity index (χ0) is 22.0. The zero-order valence-electron chi connectivity index (χ0n) is 17.8. The van der Waals surface area contributed by atoms with E-state index in [0.717, 1.165) is 5.56 Å². The van der Waals surface area contributed by atoms with Gasteiger partial charge in [0, 0.05) is 12.1 Å². The number of hydrogen-bond acceptors (Lipinski definition) is 5. The highest BCUT2D eigenvalue weighted by molar-refractivity contribution is 5.69. The summed E-state index contributed by atoms with van der Waals surface area (Å²) in [5.74, 6) is 0. The van der Waals surface area contributed by atoms with Crippen LogP contribution < -0.4 is 0 Å². The number of nitrogens with zero attached hydrogens (tertiary/aromatic N) is 1. The van der Waals surface area contributed by atoms with Gasteiger partial charge in [0.15, 0.2) is 0 Å². The number of benzene rings is 1. The van der Waals surface area contributed by atoms with Crippen LogP contribution >= 0.6 is 0 Å². The van der Waals surface area contributed by atoms with E-state index < -0.39 is 35.9 Å². The maximum absolute atomic E-state index is 13.1. The van der Waals surface area contributed by atoms with Gasteiger partial charge >= 0.3 is 12.2 Å². The molecule has 2 rings (SSSR count). The van der Waals surface area contributed by atoms with Gasteiger partial charge in [0.05, 0.1) is 6.04 Å². The molecule has 0 bridgehead atoms. The van der Waals surface area contributed by atoms with E-state index in [9.17, 15) is 18.4 Å². The first-order valence-corrected chi connectivity index (χ1v) is 9.50. The van der Waals surface area contributed by atoms with Crippen molar-refractivity contribution in [2.75, 3.05) is 6.61 Å². The summed E-state index contributed by atoms with van der Waals surface area (Å²) in [6.45, 7) is 10.4. The van der Waals surface area contributed by atoms with Gasteiger partial charge in [-0.25, -0.2) is 18.4 Å². The van der Waals surface area contributed by atoms with Crippen LogP contribution in [0, 0.1) is 0 Å². The molecule has 1 amide bonds. The fourth-order valence-electron chi connectivity index (χ4n) is 2.93. The van der Waals surface area contributed by atoms with Gasteiger partial charge in [0.1, 0.15) is 17.8 Å². The molecule has 1 atom stereocenters. The summed E-state index contributed by atoms with van der Waals surface area (Å²) in [5.41, 5.74) is -0.0727. The Kier molecular flexibility index (Phi) is 6.75. The maximum atomic E-state index is 13.1. The lowest BCUT2D eigenvalue weighted by atomic mass is 9.93. The first-order chi connectivity index (χ1) is 13.2. The Morgan fingerprint density at radius 2 is 1.69 bits per heavy atom. The van der Waals surface area contributed by atoms with Crippen molar-refractivity contribution in [3.05, 3.63) is 34.9 Å². The van der Waals surface area contributed by atoms with Crippen LogP contribution in [0.3, 0.4) is 0 Å². The summed E-state index contributed by atoms with van der Waals surface area (Å²) in [6, 6.07) is 3.91. The van der Waals surface area contributed by atoms with Gasteiger partial charge in [-0.3, -0.25) is 4.90 Å². The van der Waals surface area contributed by atoms with E-state index in [0.29, 0.717) is 12.0 Å². The predicted octanol–water partition coefficient (Wildman–Crippen LogP) is 5.24. The number of amides is 1. The highest BCUT2D eigenvalue weighted by Crippen LogP contribution is 2.29. The van der Waals surface area contributed by atoms with E-state index in [-0.39, 0.29) is 18.7 Å². The van der Waals surface area contributed by atoms with Crippen LogP contribution in [-0.2, 0) is 27.2 Å². The Morgan fingerprint density at radius 1 is 1.07 bits per heavy atom. The van der Waals surface area contributed by atoms with Crippen LogP contribution in [0.25, 0.3) is 0 Å². The Hall–Kier alpha value is -2.38. The molecule has 0 spiro atoms. The van der Waals surface area contributed by atoms with Crippen molar-refractivity contribution in [2.24, 2.45) is 0 Å². The molecule has 1 aromatic carbocycles. The SMILES string of the molecule is CC(C)(C)OC(=O)OCC1Cc2ccc(C(F)F)cc2CN1C(=O)OC(C)(C)C. The highest BCUT2D eigenvalue weighted by Gasteiger charge is 2.34. The zero-order valence-corrected chi connectivity index (χ0v) is 17.8. The van der Waals surface area contributed by atoms with Gasteiger partial charge in [0.25, 0.3) is 6.43 Å². The minimum absolute atomic E-state index is 0.0904. The van der Waals surface area contributed by atoms with Crippen molar-refractivity contribution in [2.45, 2.75) is 78.2 Å². The number of carbonyl (C=O) groups excluding carboxylic acids is 2. The fourth-order valence-corrected chi connectivity index (χ4v) is 2.93. The summed E-state index contributed by atoms with van der Waals surface area (Å²) < 4.78 is 41.9. The molecular weight excluding hydrogens is 384 g/mol. The third-order valence-electron chi connectivity index (χ3n) is 4.13. The minimum Gasteiger partial charge on any atom is -0.444 e. The quantitative estimate of drug-likeness (QED) is 0.634. The smallest absolute Gasteiger partial charge is 0.444 e. The number of rotatable bonds is 3. The number of ether oxygens (including phenoxy) is 3. The van der Waals surface area contributed by atoms with Crippen LogP contribution in [0.2, 0.25) is 0 Å². The lowest BCUT2D eigenvalue weighted by molar-refractivity contribution is -0.0275. The molecule has 29 heavy (non-hydrogen) atoms. The Balaban J connectivity index is 2.21. The van der Waals surface area contributed by atoms with Crippen LogP contribution in [0.5, 0.6) is 0 Å². The van der Waals surface area contributed by atoms with Gasteiger partial charge in [-0.1, -0.05) is 12.1 Å². The van der Waals surface area contributed by atoms with Crippen molar-refractivity contribution in [1.29, 1.82) is 0 Å². The summed E-state index contributed by atoms with van der Waals surface area (Å²) in [5, 5.41) is 0. The van der Waals surface area contributed by atoms with E-state index in [1.54, 1.807) is 47.6 Å². The molecule has 1 aromatic rings. The number of alkyl halides is 2. The Bertz CT molecular complexity index is 752. The van der Waals surface area contributed by atoms with E-state index in [1.807, 2.05) is 0 Å². The minimum atomic E-state index is -2.59. The lowest BCUT2D eigenvalue weighted by Crippen LogP contribution is -2.49. The van der Waals surface area contributed by atoms with Crippen molar-refractivity contribution < 1.29 is 32.6 Å². The van der Waals surface area contributed by atoms with Crippen molar-refractivity contribution in [1.82, 2.24) is 4.90 Å². The average Bonchev–Trinajstić information content (AvgIpc) is 2.55. The molecule has 1 aliphatic rings. The molecule has 0 aliphatic carbocycles. The first-order valence-electron chi connectivity index (χ1n) is 9.50. The molecule has 0 aromatic heterocycles. The van der Waals surface area contributed by atoms with E-state index in [2.05, 4.69) is 0 Å². The maximum Gasteiger partial charge on any atom is 0.508 e. The van der Waals surface area contributed by atoms with Gasteiger partial charge in [-0.15, -0.1) is 0 Å². The Labute approximate surface area is 170 Å². The molecule has 0 saturated heterocycles. The standard InChI is InChI=1S/C21H29F2NO5/c1-20(2,3)28-18(25)24-11-15-9-14(17(22)23)8-7-13(15)10-16(24)12-27-19(26)29-21(4,5)6/h7-9,16-17H,10-12H2,1-6H3. The third-order valence-corrected chi connectivity index (χ3v) is 4.13. The molecule has 1 heterocycles. The average molecular weight is 413 g/mol. The summed E-state index contributed by atoms with van der Waals surface area (Å²) in [7, 11) is 0. The van der Waals surface area contributed by atoms with Gasteiger partial charge in [-0.2, -0.15) is 0 Å². The summed E-state index contributed by atoms with van der Waals surface area (Å²) in [6.07, 6.45) is -3.67. The second-order valence-corrected chi connectivity index (χ2v) is 9.07. The third kappa shape index (κ3) is 6.87. The number of carbonyl (C=O) groups is 2. The number of fused-ring (bicyclic) bond motifs is 1. The van der Waals surface area contributed by atoms with Crippen molar-refractivity contribution in [3.63, 3.8) is 0 Å². The molecule has 162 valence electrons. The number of hydrogen-bond donors (Lipinski definition) is 0. The second kappa shape index (κ2) is 8.55. The lowest BCUT2D eigenvalue weighted by Gasteiger charge is -2.37. The first kappa shape index (κ1) is 22.9. The molecule has 0 N–H and O–H groups in total. The summed E-state index contributed by atoms with van der Waals surface area (Å²) >= 11 is 0. The largest absolute Gasteiger partial charge is 0.508 e. The van der Waals surface area contributed by atoms with E-state index in [4.69, 9.17) is 14.2 Å². The molecule has 0 saturated carbocycles. The highest BCUT2D eigenvalue weighted by atomic mass is 19.3. The molecule has 8 heteroatoms. The van der Waals surface area contributed by atoms with Crippen LogP contribution in [0.4, 0.5) is 18.4 Å². The van der Waals surface area contributed by atoms with Gasteiger partial charge < -0.3 is 14.2 Å².